The molecule has 1 heterocycles. The highest BCUT2D eigenvalue weighted by Gasteiger charge is 2.41. The molecule has 0 saturated carbocycles. The van der Waals surface area contributed by atoms with Crippen LogP contribution in [-0.4, -0.2) is 76.4 Å². The lowest BCUT2D eigenvalue weighted by Gasteiger charge is -2.25. The number of rotatable bonds is 12. The largest absolute Gasteiger partial charge is 0.493 e. The van der Waals surface area contributed by atoms with Crippen molar-refractivity contribution in [3.05, 3.63) is 65.4 Å². The second kappa shape index (κ2) is 11.5. The summed E-state index contributed by atoms with van der Waals surface area (Å²) in [7, 11) is 6.31. The number of carbonyl (C=O) groups is 2. The molecule has 0 atom stereocenters. The Labute approximate surface area is 194 Å². The predicted octanol–water partition coefficient (Wildman–Crippen LogP) is 2.58. The summed E-state index contributed by atoms with van der Waals surface area (Å²) in [4.78, 5) is 30.3. The van der Waals surface area contributed by atoms with Crippen LogP contribution in [0, 0.1) is 0 Å². The van der Waals surface area contributed by atoms with Crippen LogP contribution < -0.4 is 9.47 Å². The summed E-state index contributed by atoms with van der Waals surface area (Å²) in [5, 5.41) is 0. The Morgan fingerprint density at radius 3 is 2.00 bits per heavy atom. The third kappa shape index (κ3) is 5.35. The van der Waals surface area contributed by atoms with Gasteiger partial charge >= 0.3 is 0 Å². The van der Waals surface area contributed by atoms with Crippen molar-refractivity contribution in [2.75, 3.05) is 54.7 Å². The van der Waals surface area contributed by atoms with E-state index in [4.69, 9.17) is 18.9 Å². The molecular weight excluding hydrogens is 424 g/mol. The topological polar surface area (TPSA) is 77.5 Å². The normalized spacial score (nSPS) is 13.6. The molecule has 0 N–H and O–H groups in total. The standard InChI is InChI=1S/C25H30N2O6/c1-30-14-12-26(13-15-31-2)23-22(19-8-6-5-7-9-19)24(28)27(25(23)29)17-18-10-11-20(32-3)21(16-18)33-4/h5-11,16H,12-15,17H2,1-4H3. The quantitative estimate of drug-likeness (QED) is 0.456. The van der Waals surface area contributed by atoms with Crippen molar-refractivity contribution < 1.29 is 28.5 Å². The Kier molecular flexibility index (Phi) is 8.46. The van der Waals surface area contributed by atoms with Crippen LogP contribution in [0.2, 0.25) is 0 Å². The van der Waals surface area contributed by atoms with E-state index in [1.165, 1.54) is 4.90 Å². The van der Waals surface area contributed by atoms with Gasteiger partial charge in [0.1, 0.15) is 5.70 Å². The fourth-order valence-corrected chi connectivity index (χ4v) is 3.77. The van der Waals surface area contributed by atoms with Crippen LogP contribution in [0.25, 0.3) is 5.57 Å². The lowest BCUT2D eigenvalue weighted by molar-refractivity contribution is -0.138. The second-order valence-corrected chi connectivity index (χ2v) is 7.45. The van der Waals surface area contributed by atoms with Crippen molar-refractivity contribution in [2.24, 2.45) is 0 Å². The molecule has 3 rings (SSSR count). The number of imide groups is 1. The maximum atomic E-state index is 13.6. The molecule has 8 nitrogen and oxygen atoms in total. The molecule has 0 aliphatic carbocycles. The first-order valence-electron chi connectivity index (χ1n) is 10.6. The molecule has 0 bridgehead atoms. The number of hydrogen-bond donors (Lipinski definition) is 0. The van der Waals surface area contributed by atoms with Crippen LogP contribution in [0.5, 0.6) is 11.5 Å². The van der Waals surface area contributed by atoms with Gasteiger partial charge in [-0.3, -0.25) is 14.5 Å². The molecule has 2 aromatic rings. The Morgan fingerprint density at radius 2 is 1.42 bits per heavy atom. The van der Waals surface area contributed by atoms with Crippen LogP contribution in [0.15, 0.2) is 54.2 Å². The molecule has 2 aromatic carbocycles. The minimum atomic E-state index is -0.346. The maximum absolute atomic E-state index is 13.6. The Hall–Kier alpha value is -3.36. The average molecular weight is 455 g/mol. The van der Waals surface area contributed by atoms with Crippen LogP contribution in [0.1, 0.15) is 11.1 Å². The second-order valence-electron chi connectivity index (χ2n) is 7.45. The van der Waals surface area contributed by atoms with Gasteiger partial charge in [-0.2, -0.15) is 0 Å². The fraction of sp³-hybridized carbons (Fsp3) is 0.360. The van der Waals surface area contributed by atoms with Crippen molar-refractivity contribution >= 4 is 17.4 Å². The number of hydrogen-bond acceptors (Lipinski definition) is 7. The van der Waals surface area contributed by atoms with E-state index in [0.717, 1.165) is 5.56 Å². The number of ether oxygens (including phenoxy) is 4. The zero-order valence-electron chi connectivity index (χ0n) is 19.5. The van der Waals surface area contributed by atoms with Gasteiger partial charge in [0.25, 0.3) is 11.8 Å². The summed E-state index contributed by atoms with van der Waals surface area (Å²) in [5.74, 6) is 0.429. The van der Waals surface area contributed by atoms with E-state index in [0.29, 0.717) is 54.6 Å². The SMILES string of the molecule is COCCN(CCOC)C1=C(c2ccccc2)C(=O)N(Cc2ccc(OC)c(OC)c2)C1=O. The summed E-state index contributed by atoms with van der Waals surface area (Å²) in [5.41, 5.74) is 2.19. The first kappa shape index (κ1) is 24.3. The molecule has 176 valence electrons. The van der Waals surface area contributed by atoms with Gasteiger partial charge in [0.2, 0.25) is 0 Å². The predicted molar refractivity (Wildman–Crippen MR) is 124 cm³/mol. The van der Waals surface area contributed by atoms with Gasteiger partial charge in [0.05, 0.1) is 39.6 Å². The highest BCUT2D eigenvalue weighted by atomic mass is 16.5. The lowest BCUT2D eigenvalue weighted by Crippen LogP contribution is -2.37. The molecule has 0 radical (unpaired) electrons. The van der Waals surface area contributed by atoms with Gasteiger partial charge in [-0.05, 0) is 23.3 Å². The third-order valence-electron chi connectivity index (χ3n) is 5.44. The minimum Gasteiger partial charge on any atom is -0.493 e. The van der Waals surface area contributed by atoms with Crippen LogP contribution >= 0.6 is 0 Å². The zero-order valence-corrected chi connectivity index (χ0v) is 19.5. The summed E-state index contributed by atoms with van der Waals surface area (Å²) in [6, 6.07) is 14.6. The Balaban J connectivity index is 2.00. The van der Waals surface area contributed by atoms with Gasteiger partial charge in [-0.15, -0.1) is 0 Å². The first-order chi connectivity index (χ1) is 16.0. The van der Waals surface area contributed by atoms with E-state index in [1.807, 2.05) is 41.3 Å². The molecule has 1 aliphatic rings. The summed E-state index contributed by atoms with van der Waals surface area (Å²) < 4.78 is 21.2. The molecule has 33 heavy (non-hydrogen) atoms. The van der Waals surface area contributed by atoms with Crippen LogP contribution in [0.4, 0.5) is 0 Å². The lowest BCUT2D eigenvalue weighted by atomic mass is 10.0. The van der Waals surface area contributed by atoms with Crippen molar-refractivity contribution in [3.63, 3.8) is 0 Å². The maximum Gasteiger partial charge on any atom is 0.278 e. The highest BCUT2D eigenvalue weighted by Crippen LogP contribution is 2.34. The molecule has 0 unspecified atom stereocenters. The van der Waals surface area contributed by atoms with Crippen molar-refractivity contribution in [2.45, 2.75) is 6.54 Å². The molecule has 2 amide bonds. The number of amides is 2. The molecule has 0 spiro atoms. The number of carbonyl (C=O) groups excluding carboxylic acids is 2. The van der Waals surface area contributed by atoms with E-state index in [9.17, 15) is 9.59 Å². The fourth-order valence-electron chi connectivity index (χ4n) is 3.77. The van der Waals surface area contributed by atoms with Crippen molar-refractivity contribution in [1.29, 1.82) is 0 Å². The third-order valence-corrected chi connectivity index (χ3v) is 5.44. The van der Waals surface area contributed by atoms with Crippen LogP contribution in [0.3, 0.4) is 0 Å². The van der Waals surface area contributed by atoms with Crippen molar-refractivity contribution in [1.82, 2.24) is 9.80 Å². The van der Waals surface area contributed by atoms with E-state index >= 15 is 0 Å². The van der Waals surface area contributed by atoms with Gasteiger partial charge < -0.3 is 23.8 Å². The van der Waals surface area contributed by atoms with Crippen molar-refractivity contribution in [3.8, 4) is 11.5 Å². The van der Waals surface area contributed by atoms with E-state index < -0.39 is 0 Å². The molecule has 0 aromatic heterocycles. The van der Waals surface area contributed by atoms with Gasteiger partial charge in [-0.1, -0.05) is 36.4 Å². The Bertz CT molecular complexity index is 997. The highest BCUT2D eigenvalue weighted by molar-refractivity contribution is 6.35. The summed E-state index contributed by atoms with van der Waals surface area (Å²) in [6.45, 7) is 1.84. The number of nitrogens with zero attached hydrogens (tertiary/aromatic N) is 2. The zero-order chi connectivity index (χ0) is 23.8. The molecule has 1 aliphatic heterocycles. The summed E-state index contributed by atoms with van der Waals surface area (Å²) in [6.07, 6.45) is 0. The monoisotopic (exact) mass is 454 g/mol. The number of benzene rings is 2. The first-order valence-corrected chi connectivity index (χ1v) is 10.6. The van der Waals surface area contributed by atoms with Gasteiger partial charge in [0, 0.05) is 27.3 Å². The molecule has 8 heteroatoms. The Morgan fingerprint density at radius 1 is 0.788 bits per heavy atom. The molecule has 0 saturated heterocycles. The molecular formula is C25H30N2O6. The van der Waals surface area contributed by atoms with Gasteiger partial charge in [0.15, 0.2) is 11.5 Å². The smallest absolute Gasteiger partial charge is 0.278 e. The van der Waals surface area contributed by atoms with E-state index in [1.54, 1.807) is 40.6 Å². The van der Waals surface area contributed by atoms with Crippen LogP contribution in [-0.2, 0) is 25.6 Å². The molecule has 0 fully saturated rings. The van der Waals surface area contributed by atoms with E-state index in [-0.39, 0.29) is 18.4 Å². The minimum absolute atomic E-state index is 0.111. The number of methoxy groups -OCH3 is 4. The van der Waals surface area contributed by atoms with Gasteiger partial charge in [-0.25, -0.2) is 0 Å². The average Bonchev–Trinajstić information content (AvgIpc) is 3.09. The summed E-state index contributed by atoms with van der Waals surface area (Å²) >= 11 is 0. The van der Waals surface area contributed by atoms with E-state index in [2.05, 4.69) is 0 Å².